The third-order valence-electron chi connectivity index (χ3n) is 2.58. The van der Waals surface area contributed by atoms with Crippen LogP contribution in [-0.4, -0.2) is 25.7 Å². The van der Waals surface area contributed by atoms with Crippen molar-refractivity contribution in [2.75, 3.05) is 13.7 Å². The van der Waals surface area contributed by atoms with E-state index in [1.54, 1.807) is 6.92 Å². The lowest BCUT2D eigenvalue weighted by Crippen LogP contribution is -2.29. The van der Waals surface area contributed by atoms with Crippen LogP contribution in [0.25, 0.3) is 0 Å². The molecule has 0 bridgehead atoms. The van der Waals surface area contributed by atoms with Crippen LogP contribution in [0, 0.1) is 0 Å². The number of esters is 1. The van der Waals surface area contributed by atoms with Crippen LogP contribution >= 0.6 is 15.9 Å². The van der Waals surface area contributed by atoms with Gasteiger partial charge in [0.2, 0.25) is 0 Å². The maximum atomic E-state index is 11.7. The van der Waals surface area contributed by atoms with Crippen molar-refractivity contribution in [2.45, 2.75) is 32.9 Å². The number of carbonyl (C=O) groups excluding carboxylic acids is 1. The van der Waals surface area contributed by atoms with Gasteiger partial charge in [-0.25, -0.2) is 4.79 Å². The molecule has 0 aliphatic heterocycles. The van der Waals surface area contributed by atoms with Crippen LogP contribution in [0.1, 0.15) is 25.8 Å². The third kappa shape index (κ3) is 4.84. The van der Waals surface area contributed by atoms with E-state index in [0.717, 1.165) is 10.0 Å². The molecular formula is C14H20BrNO3. The Bertz CT molecular complexity index is 423. The molecule has 4 nitrogen and oxygen atoms in total. The molecule has 5 heteroatoms. The molecule has 19 heavy (non-hydrogen) atoms. The molecule has 0 spiro atoms. The topological polar surface area (TPSA) is 47.6 Å². The van der Waals surface area contributed by atoms with Crippen molar-refractivity contribution in [2.24, 2.45) is 0 Å². The molecule has 0 aliphatic carbocycles. The summed E-state index contributed by atoms with van der Waals surface area (Å²) in [5.41, 5.74) is 1.000. The van der Waals surface area contributed by atoms with Crippen molar-refractivity contribution >= 4 is 21.9 Å². The Morgan fingerprint density at radius 2 is 2.16 bits per heavy atom. The molecule has 0 fully saturated rings. The first kappa shape index (κ1) is 16.0. The van der Waals surface area contributed by atoms with Crippen LogP contribution in [-0.2, 0) is 16.1 Å². The Labute approximate surface area is 122 Å². The number of carbonyl (C=O) groups is 1. The van der Waals surface area contributed by atoms with Crippen LogP contribution in [0.4, 0.5) is 0 Å². The van der Waals surface area contributed by atoms with Crippen molar-refractivity contribution in [1.29, 1.82) is 0 Å². The molecule has 1 aromatic carbocycles. The Hall–Kier alpha value is -1.07. The summed E-state index contributed by atoms with van der Waals surface area (Å²) in [7, 11) is 1.87. The highest BCUT2D eigenvalue weighted by molar-refractivity contribution is 9.10. The fourth-order valence-electron chi connectivity index (χ4n) is 1.68. The van der Waals surface area contributed by atoms with Gasteiger partial charge in [0.1, 0.15) is 5.75 Å². The fraction of sp³-hybridized carbons (Fsp3) is 0.500. The summed E-state index contributed by atoms with van der Waals surface area (Å²) in [4.78, 5) is 11.7. The van der Waals surface area contributed by atoms with Crippen LogP contribution < -0.4 is 10.1 Å². The second-order valence-corrected chi connectivity index (χ2v) is 4.96. The molecule has 1 atom stereocenters. The van der Waals surface area contributed by atoms with E-state index >= 15 is 0 Å². The van der Waals surface area contributed by atoms with Gasteiger partial charge in [0.25, 0.3) is 0 Å². The molecule has 0 amide bonds. The van der Waals surface area contributed by atoms with Crippen molar-refractivity contribution < 1.29 is 14.3 Å². The highest BCUT2D eigenvalue weighted by Gasteiger charge is 2.20. The second-order valence-electron chi connectivity index (χ2n) is 4.05. The molecule has 0 aliphatic rings. The number of benzene rings is 1. The van der Waals surface area contributed by atoms with E-state index in [4.69, 9.17) is 9.47 Å². The largest absolute Gasteiger partial charge is 0.478 e. The standard InChI is InChI=1S/C14H20BrNO3/c1-4-12(14(17)18-5-2)19-13-7-6-11(15)8-10(13)9-16-3/h6-8,12,16H,4-5,9H2,1-3H3. The zero-order valence-electron chi connectivity index (χ0n) is 11.5. The minimum Gasteiger partial charge on any atom is -0.478 e. The SMILES string of the molecule is CCOC(=O)C(CC)Oc1ccc(Br)cc1CNC. The van der Waals surface area contributed by atoms with Gasteiger partial charge in [-0.3, -0.25) is 0 Å². The van der Waals surface area contributed by atoms with Crippen molar-refractivity contribution in [3.05, 3.63) is 28.2 Å². The molecular weight excluding hydrogens is 310 g/mol. The summed E-state index contributed by atoms with van der Waals surface area (Å²) in [6, 6.07) is 5.73. The lowest BCUT2D eigenvalue weighted by Gasteiger charge is -2.18. The van der Waals surface area contributed by atoms with E-state index in [2.05, 4.69) is 21.2 Å². The van der Waals surface area contributed by atoms with Gasteiger partial charge < -0.3 is 14.8 Å². The Morgan fingerprint density at radius 3 is 2.74 bits per heavy atom. The number of ether oxygens (including phenoxy) is 2. The summed E-state index contributed by atoms with van der Waals surface area (Å²) in [6.07, 6.45) is 0.0187. The van der Waals surface area contributed by atoms with E-state index in [0.29, 0.717) is 25.3 Å². The first-order valence-corrected chi connectivity index (χ1v) is 7.18. The highest BCUT2D eigenvalue weighted by atomic mass is 79.9. The molecule has 0 heterocycles. The van der Waals surface area contributed by atoms with E-state index in [1.807, 2.05) is 32.2 Å². The summed E-state index contributed by atoms with van der Waals surface area (Å²) < 4.78 is 11.8. The molecule has 1 rings (SSSR count). The van der Waals surface area contributed by atoms with Gasteiger partial charge in [0.15, 0.2) is 6.10 Å². The Balaban J connectivity index is 2.86. The predicted octanol–water partition coefficient (Wildman–Crippen LogP) is 2.89. The van der Waals surface area contributed by atoms with E-state index < -0.39 is 6.10 Å². The Morgan fingerprint density at radius 1 is 1.42 bits per heavy atom. The number of halogens is 1. The molecule has 0 radical (unpaired) electrons. The number of hydrogen-bond donors (Lipinski definition) is 1. The van der Waals surface area contributed by atoms with Crippen molar-refractivity contribution in [1.82, 2.24) is 5.32 Å². The minimum absolute atomic E-state index is 0.316. The predicted molar refractivity (Wildman–Crippen MR) is 78.2 cm³/mol. The third-order valence-corrected chi connectivity index (χ3v) is 3.07. The van der Waals surface area contributed by atoms with Gasteiger partial charge in [-0.2, -0.15) is 0 Å². The first-order valence-electron chi connectivity index (χ1n) is 6.38. The molecule has 0 saturated carbocycles. The summed E-state index contributed by atoms with van der Waals surface area (Å²) in [6.45, 7) is 4.73. The zero-order valence-corrected chi connectivity index (χ0v) is 13.1. The van der Waals surface area contributed by atoms with Gasteiger partial charge in [-0.05, 0) is 38.6 Å². The molecule has 1 N–H and O–H groups in total. The van der Waals surface area contributed by atoms with Gasteiger partial charge in [-0.1, -0.05) is 22.9 Å². The second kappa shape index (κ2) is 8.17. The van der Waals surface area contributed by atoms with E-state index in [9.17, 15) is 4.79 Å². The van der Waals surface area contributed by atoms with Gasteiger partial charge in [0, 0.05) is 16.6 Å². The van der Waals surface area contributed by atoms with Gasteiger partial charge >= 0.3 is 5.97 Å². The van der Waals surface area contributed by atoms with Crippen molar-refractivity contribution in [3.8, 4) is 5.75 Å². The lowest BCUT2D eigenvalue weighted by atomic mass is 10.2. The maximum absolute atomic E-state index is 11.7. The smallest absolute Gasteiger partial charge is 0.347 e. The Kier molecular flexibility index (Phi) is 6.87. The maximum Gasteiger partial charge on any atom is 0.347 e. The van der Waals surface area contributed by atoms with E-state index in [-0.39, 0.29) is 5.97 Å². The quantitative estimate of drug-likeness (QED) is 0.781. The zero-order chi connectivity index (χ0) is 14.3. The van der Waals surface area contributed by atoms with E-state index in [1.165, 1.54) is 0 Å². The molecule has 0 aromatic heterocycles. The minimum atomic E-state index is -0.559. The van der Waals surface area contributed by atoms with Crippen LogP contribution in [0.3, 0.4) is 0 Å². The fourth-order valence-corrected chi connectivity index (χ4v) is 2.09. The normalized spacial score (nSPS) is 12.0. The molecule has 0 saturated heterocycles. The van der Waals surface area contributed by atoms with Gasteiger partial charge in [0.05, 0.1) is 6.61 Å². The van der Waals surface area contributed by atoms with Crippen LogP contribution in [0.2, 0.25) is 0 Å². The van der Waals surface area contributed by atoms with Crippen LogP contribution in [0.5, 0.6) is 5.75 Å². The molecule has 106 valence electrons. The average Bonchev–Trinajstić information content (AvgIpc) is 2.38. The van der Waals surface area contributed by atoms with Crippen LogP contribution in [0.15, 0.2) is 22.7 Å². The molecule has 1 aromatic rings. The number of nitrogens with one attached hydrogen (secondary N) is 1. The monoisotopic (exact) mass is 329 g/mol. The molecule has 1 unspecified atom stereocenters. The van der Waals surface area contributed by atoms with Crippen molar-refractivity contribution in [3.63, 3.8) is 0 Å². The first-order chi connectivity index (χ1) is 9.12. The average molecular weight is 330 g/mol. The van der Waals surface area contributed by atoms with Gasteiger partial charge in [-0.15, -0.1) is 0 Å². The summed E-state index contributed by atoms with van der Waals surface area (Å²) >= 11 is 3.43. The lowest BCUT2D eigenvalue weighted by molar-refractivity contribution is -0.151. The number of rotatable bonds is 7. The summed E-state index contributed by atoms with van der Waals surface area (Å²) in [5.74, 6) is 0.390. The highest BCUT2D eigenvalue weighted by Crippen LogP contribution is 2.25. The summed E-state index contributed by atoms with van der Waals surface area (Å²) in [5, 5.41) is 3.08. The number of hydrogen-bond acceptors (Lipinski definition) is 4.